The van der Waals surface area contributed by atoms with Gasteiger partial charge in [-0.05, 0) is 30.0 Å². The number of nitrogens with zero attached hydrogens (tertiary/aromatic N) is 4. The van der Waals surface area contributed by atoms with E-state index < -0.39 is 11.6 Å². The van der Waals surface area contributed by atoms with Crippen LogP contribution < -0.4 is 9.64 Å². The molecule has 0 radical (unpaired) electrons. The molecule has 0 saturated carbocycles. The molecule has 31 heavy (non-hydrogen) atoms. The van der Waals surface area contributed by atoms with E-state index in [-0.39, 0.29) is 34.1 Å². The minimum Gasteiger partial charge on any atom is -0.508 e. The third kappa shape index (κ3) is 2.89. The van der Waals surface area contributed by atoms with Crippen LogP contribution >= 0.6 is 0 Å². The molecule has 0 bridgehead atoms. The maximum atomic E-state index is 15.8. The molecule has 6 nitrogen and oxygen atoms in total. The summed E-state index contributed by atoms with van der Waals surface area (Å²) >= 11 is 0. The molecule has 4 aromatic rings. The molecular formula is C23H16F2N4O2. The van der Waals surface area contributed by atoms with Gasteiger partial charge in [-0.25, -0.2) is 18.7 Å². The molecule has 2 aromatic carbocycles. The number of phenolic OH excluding ortho intramolecular Hbond substituents is 1. The van der Waals surface area contributed by atoms with Crippen molar-refractivity contribution >= 4 is 27.5 Å². The number of rotatable bonds is 3. The summed E-state index contributed by atoms with van der Waals surface area (Å²) in [5.41, 5.74) is 0.0906. The molecule has 1 aliphatic rings. The maximum absolute atomic E-state index is 15.8. The number of pyridine rings is 1. The zero-order valence-corrected chi connectivity index (χ0v) is 16.5. The number of methoxy groups -OCH3 is 1. The lowest BCUT2D eigenvalue weighted by Crippen LogP contribution is -2.38. The van der Waals surface area contributed by atoms with E-state index in [4.69, 9.17) is 11.2 Å². The normalized spacial score (nSPS) is 13.3. The molecule has 1 saturated heterocycles. The standard InChI is InChI=1S/C23H16F2N4O2/c1-3-14-17(24)6-5-12-9-13(30)10-15(18(12)14)20-19(25)21-16(11-26-23(28-21)31-2)22(27-20)29-7-4-8-29/h1,5-6,9-11,30H,4,7-8H2,2H3. The maximum Gasteiger partial charge on any atom is 0.316 e. The van der Waals surface area contributed by atoms with Gasteiger partial charge in [-0.2, -0.15) is 4.98 Å². The van der Waals surface area contributed by atoms with Gasteiger partial charge >= 0.3 is 6.01 Å². The molecule has 154 valence electrons. The number of benzene rings is 2. The van der Waals surface area contributed by atoms with E-state index >= 15 is 4.39 Å². The highest BCUT2D eigenvalue weighted by Crippen LogP contribution is 2.40. The van der Waals surface area contributed by atoms with Crippen LogP contribution in [-0.2, 0) is 0 Å². The number of fused-ring (bicyclic) bond motifs is 2. The molecule has 5 rings (SSSR count). The van der Waals surface area contributed by atoms with Gasteiger partial charge in [0.05, 0.1) is 18.1 Å². The van der Waals surface area contributed by atoms with Gasteiger partial charge in [0.1, 0.15) is 28.6 Å². The van der Waals surface area contributed by atoms with Crippen LogP contribution in [-0.4, -0.2) is 40.3 Å². The summed E-state index contributed by atoms with van der Waals surface area (Å²) in [6.45, 7) is 1.51. The minimum absolute atomic E-state index is 0.00855. The van der Waals surface area contributed by atoms with E-state index in [0.29, 0.717) is 22.0 Å². The number of halogens is 2. The van der Waals surface area contributed by atoms with Crippen LogP contribution in [0.15, 0.2) is 30.5 Å². The molecule has 3 heterocycles. The molecule has 1 aliphatic heterocycles. The second-order valence-corrected chi connectivity index (χ2v) is 7.22. The summed E-state index contributed by atoms with van der Waals surface area (Å²) in [6, 6.07) is 5.48. The number of hydrogen-bond acceptors (Lipinski definition) is 6. The average molecular weight is 418 g/mol. The molecule has 0 aliphatic carbocycles. The van der Waals surface area contributed by atoms with Crippen LogP contribution in [0.5, 0.6) is 11.8 Å². The summed E-state index contributed by atoms with van der Waals surface area (Å²) < 4.78 is 35.3. The van der Waals surface area contributed by atoms with E-state index in [9.17, 15) is 9.50 Å². The van der Waals surface area contributed by atoms with E-state index in [1.807, 2.05) is 4.90 Å². The highest BCUT2D eigenvalue weighted by Gasteiger charge is 2.26. The monoisotopic (exact) mass is 418 g/mol. The van der Waals surface area contributed by atoms with Gasteiger partial charge in [-0.15, -0.1) is 6.42 Å². The van der Waals surface area contributed by atoms with Crippen molar-refractivity contribution in [2.24, 2.45) is 0 Å². The predicted octanol–water partition coefficient (Wildman–Crippen LogP) is 4.03. The quantitative estimate of drug-likeness (QED) is 0.507. The van der Waals surface area contributed by atoms with Gasteiger partial charge in [0, 0.05) is 30.2 Å². The third-order valence-electron chi connectivity index (χ3n) is 5.43. The Balaban J connectivity index is 1.92. The van der Waals surface area contributed by atoms with Crippen LogP contribution in [0.2, 0.25) is 0 Å². The summed E-state index contributed by atoms with van der Waals surface area (Å²) in [6.07, 6.45) is 8.02. The van der Waals surface area contributed by atoms with Crippen molar-refractivity contribution in [3.63, 3.8) is 0 Å². The topological polar surface area (TPSA) is 71.4 Å². The number of aromatic hydroxyl groups is 1. The molecule has 1 fully saturated rings. The Hall–Kier alpha value is -3.99. The lowest BCUT2D eigenvalue weighted by atomic mass is 9.95. The Labute approximate surface area is 176 Å². The third-order valence-corrected chi connectivity index (χ3v) is 5.43. The molecule has 8 heteroatoms. The van der Waals surface area contributed by atoms with Crippen molar-refractivity contribution in [1.82, 2.24) is 15.0 Å². The number of hydrogen-bond donors (Lipinski definition) is 1. The van der Waals surface area contributed by atoms with Crippen molar-refractivity contribution in [3.05, 3.63) is 47.7 Å². The highest BCUT2D eigenvalue weighted by atomic mass is 19.1. The van der Waals surface area contributed by atoms with Gasteiger partial charge in [0.25, 0.3) is 0 Å². The fraction of sp³-hybridized carbons (Fsp3) is 0.174. The van der Waals surface area contributed by atoms with Crippen molar-refractivity contribution < 1.29 is 18.6 Å². The van der Waals surface area contributed by atoms with E-state index in [1.165, 1.54) is 37.6 Å². The number of anilines is 1. The largest absolute Gasteiger partial charge is 0.508 e. The molecule has 0 unspecified atom stereocenters. The Morgan fingerprint density at radius 1 is 1.19 bits per heavy atom. The van der Waals surface area contributed by atoms with E-state index in [0.717, 1.165) is 19.5 Å². The Morgan fingerprint density at radius 2 is 2.00 bits per heavy atom. The van der Waals surface area contributed by atoms with Crippen molar-refractivity contribution in [3.8, 4) is 35.4 Å². The number of aromatic nitrogens is 3. The molecule has 1 N–H and O–H groups in total. The Bertz CT molecular complexity index is 1410. The first-order valence-electron chi connectivity index (χ1n) is 9.59. The van der Waals surface area contributed by atoms with Gasteiger partial charge in [-0.1, -0.05) is 12.0 Å². The van der Waals surface area contributed by atoms with Gasteiger partial charge < -0.3 is 14.7 Å². The molecule has 0 amide bonds. The van der Waals surface area contributed by atoms with Crippen molar-refractivity contribution in [1.29, 1.82) is 0 Å². The summed E-state index contributed by atoms with van der Waals surface area (Å²) in [5.74, 6) is 1.38. The second kappa shape index (κ2) is 7.06. The molecule has 0 spiro atoms. The lowest BCUT2D eigenvalue weighted by Gasteiger charge is -2.33. The first-order valence-corrected chi connectivity index (χ1v) is 9.59. The van der Waals surface area contributed by atoms with Crippen molar-refractivity contribution in [2.45, 2.75) is 6.42 Å². The predicted molar refractivity (Wildman–Crippen MR) is 113 cm³/mol. The lowest BCUT2D eigenvalue weighted by molar-refractivity contribution is 0.381. The van der Waals surface area contributed by atoms with Crippen LogP contribution in [0.1, 0.15) is 12.0 Å². The Kier molecular flexibility index (Phi) is 4.33. The average Bonchev–Trinajstić information content (AvgIpc) is 2.73. The summed E-state index contributed by atoms with van der Waals surface area (Å²) in [7, 11) is 1.39. The van der Waals surface area contributed by atoms with Gasteiger partial charge in [0.2, 0.25) is 0 Å². The molecule has 0 atom stereocenters. The van der Waals surface area contributed by atoms with Gasteiger partial charge in [-0.3, -0.25) is 0 Å². The number of ether oxygens (including phenoxy) is 1. The number of phenols is 1. The zero-order chi connectivity index (χ0) is 21.7. The fourth-order valence-electron chi connectivity index (χ4n) is 3.82. The van der Waals surface area contributed by atoms with Crippen LogP contribution in [0.3, 0.4) is 0 Å². The first-order chi connectivity index (χ1) is 15.0. The molecular weight excluding hydrogens is 402 g/mol. The van der Waals surface area contributed by atoms with Gasteiger partial charge in [0.15, 0.2) is 5.82 Å². The number of terminal acetylenes is 1. The SMILES string of the molecule is C#Cc1c(F)ccc2cc(O)cc(-c3nc(N4CCC4)c4cnc(OC)nc4c3F)c12. The Morgan fingerprint density at radius 3 is 2.68 bits per heavy atom. The first kappa shape index (κ1) is 19.0. The fourth-order valence-corrected chi connectivity index (χ4v) is 3.82. The summed E-state index contributed by atoms with van der Waals surface area (Å²) in [5, 5.41) is 11.5. The zero-order valence-electron chi connectivity index (χ0n) is 16.5. The van der Waals surface area contributed by atoms with Crippen LogP contribution in [0.25, 0.3) is 32.9 Å². The van der Waals surface area contributed by atoms with Crippen LogP contribution in [0.4, 0.5) is 14.6 Å². The van der Waals surface area contributed by atoms with E-state index in [2.05, 4.69) is 20.9 Å². The van der Waals surface area contributed by atoms with Crippen LogP contribution in [0, 0.1) is 24.0 Å². The summed E-state index contributed by atoms with van der Waals surface area (Å²) in [4.78, 5) is 14.8. The minimum atomic E-state index is -0.737. The highest BCUT2D eigenvalue weighted by molar-refractivity contribution is 6.03. The molecule has 2 aromatic heterocycles. The van der Waals surface area contributed by atoms with E-state index in [1.54, 1.807) is 0 Å². The van der Waals surface area contributed by atoms with Crippen molar-refractivity contribution in [2.75, 3.05) is 25.1 Å². The second-order valence-electron chi connectivity index (χ2n) is 7.22. The smallest absolute Gasteiger partial charge is 0.316 e.